The van der Waals surface area contributed by atoms with Crippen molar-refractivity contribution in [1.82, 2.24) is 20.0 Å². The van der Waals surface area contributed by atoms with Crippen molar-refractivity contribution in [3.8, 4) is 0 Å². The molecule has 2 aliphatic rings. The van der Waals surface area contributed by atoms with E-state index in [0.29, 0.717) is 11.4 Å². The molecule has 178 valence electrons. The summed E-state index contributed by atoms with van der Waals surface area (Å²) in [7, 11) is 0. The number of nitrogens with zero attached hydrogens (tertiary/aromatic N) is 5. The average Bonchev–Trinajstić information content (AvgIpc) is 3.60. The van der Waals surface area contributed by atoms with Crippen molar-refractivity contribution in [3.63, 3.8) is 0 Å². The highest BCUT2D eigenvalue weighted by atomic mass is 35.5. The van der Waals surface area contributed by atoms with Gasteiger partial charge in [0.05, 0.1) is 23.7 Å². The number of carbonyl (C=O) groups is 1. The van der Waals surface area contributed by atoms with Crippen LogP contribution in [0.5, 0.6) is 0 Å². The number of aryl methyl sites for hydroxylation is 1. The van der Waals surface area contributed by atoms with Gasteiger partial charge in [0.25, 0.3) is 5.91 Å². The van der Waals surface area contributed by atoms with E-state index in [1.165, 1.54) is 0 Å². The molecule has 3 aromatic rings. The van der Waals surface area contributed by atoms with Crippen LogP contribution in [0.3, 0.4) is 0 Å². The van der Waals surface area contributed by atoms with Crippen molar-refractivity contribution in [2.45, 2.75) is 38.9 Å². The van der Waals surface area contributed by atoms with Crippen LogP contribution in [0.2, 0.25) is 5.02 Å². The van der Waals surface area contributed by atoms with Gasteiger partial charge < -0.3 is 8.94 Å². The van der Waals surface area contributed by atoms with E-state index >= 15 is 0 Å². The second kappa shape index (κ2) is 9.74. The Morgan fingerprint density at radius 1 is 1.18 bits per heavy atom. The van der Waals surface area contributed by atoms with Gasteiger partial charge in [-0.15, -0.1) is 0 Å². The first-order valence-corrected chi connectivity index (χ1v) is 11.9. The fourth-order valence-corrected chi connectivity index (χ4v) is 4.74. The lowest BCUT2D eigenvalue weighted by atomic mass is 10.0. The third-order valence-electron chi connectivity index (χ3n) is 6.56. The summed E-state index contributed by atoms with van der Waals surface area (Å²) in [4.78, 5) is 18.2. The molecule has 1 aromatic carbocycles. The van der Waals surface area contributed by atoms with Crippen LogP contribution < -0.4 is 0 Å². The van der Waals surface area contributed by atoms with Gasteiger partial charge in [0.15, 0.2) is 0 Å². The van der Waals surface area contributed by atoms with Crippen molar-refractivity contribution >= 4 is 23.2 Å². The Bertz CT molecular complexity index is 1150. The topological polar surface area (TPSA) is 78.3 Å². The number of carbonyl (C=O) groups excluding carboxylic acids is 1. The molecule has 0 spiro atoms. The maximum absolute atomic E-state index is 13.6. The number of benzene rings is 1. The first-order chi connectivity index (χ1) is 16.5. The number of hydrazone groups is 1. The van der Waals surface area contributed by atoms with Gasteiger partial charge in [-0.2, -0.15) is 5.10 Å². The maximum atomic E-state index is 13.6. The minimum atomic E-state index is -0.290. The van der Waals surface area contributed by atoms with Crippen molar-refractivity contribution in [3.05, 3.63) is 76.5 Å². The summed E-state index contributed by atoms with van der Waals surface area (Å²) in [6.07, 6.45) is 2.23. The zero-order chi connectivity index (χ0) is 23.7. The van der Waals surface area contributed by atoms with E-state index in [9.17, 15) is 4.79 Å². The average molecular weight is 482 g/mol. The summed E-state index contributed by atoms with van der Waals surface area (Å²) >= 11 is 6.06. The monoisotopic (exact) mass is 481 g/mol. The number of furan rings is 1. The third kappa shape index (κ3) is 4.80. The molecule has 0 unspecified atom stereocenters. The van der Waals surface area contributed by atoms with Crippen LogP contribution in [0.25, 0.3) is 0 Å². The Labute approximate surface area is 203 Å². The molecule has 1 fully saturated rings. The predicted octanol–water partition coefficient (Wildman–Crippen LogP) is 4.11. The molecule has 2 aromatic heterocycles. The number of aromatic nitrogens is 1. The maximum Gasteiger partial charge on any atom is 0.260 e. The van der Waals surface area contributed by atoms with Gasteiger partial charge in [0, 0.05) is 50.2 Å². The molecule has 2 aliphatic heterocycles. The molecular formula is C25H28ClN5O3. The lowest BCUT2D eigenvalue weighted by molar-refractivity contribution is -0.139. The van der Waals surface area contributed by atoms with Crippen LogP contribution in [0.15, 0.2) is 62.8 Å². The van der Waals surface area contributed by atoms with Gasteiger partial charge in [-0.05, 0) is 43.7 Å². The number of hydrogen-bond acceptors (Lipinski definition) is 7. The van der Waals surface area contributed by atoms with Gasteiger partial charge in [-0.3, -0.25) is 14.6 Å². The minimum absolute atomic E-state index is 0.0223. The summed E-state index contributed by atoms with van der Waals surface area (Å²) in [6, 6.07) is 12.7. The summed E-state index contributed by atoms with van der Waals surface area (Å²) < 4.78 is 10.9. The molecule has 1 saturated heterocycles. The van der Waals surface area contributed by atoms with Crippen molar-refractivity contribution in [1.29, 1.82) is 0 Å². The molecule has 34 heavy (non-hydrogen) atoms. The largest absolute Gasteiger partial charge is 0.467 e. The van der Waals surface area contributed by atoms with E-state index in [1.807, 2.05) is 56.3 Å². The first kappa shape index (κ1) is 22.8. The van der Waals surface area contributed by atoms with E-state index in [-0.39, 0.29) is 18.0 Å². The molecule has 1 amide bonds. The summed E-state index contributed by atoms with van der Waals surface area (Å²) in [6.45, 7) is 7.96. The van der Waals surface area contributed by atoms with Crippen molar-refractivity contribution < 1.29 is 13.7 Å². The Morgan fingerprint density at radius 2 is 1.94 bits per heavy atom. The molecule has 8 nitrogen and oxygen atoms in total. The Morgan fingerprint density at radius 3 is 2.59 bits per heavy atom. The van der Waals surface area contributed by atoms with Gasteiger partial charge >= 0.3 is 0 Å². The molecule has 0 saturated carbocycles. The number of hydrogen-bond donors (Lipinski definition) is 0. The normalized spacial score (nSPS) is 20.5. The molecule has 5 rings (SSSR count). The molecule has 9 heteroatoms. The van der Waals surface area contributed by atoms with Crippen LogP contribution in [0.4, 0.5) is 0 Å². The zero-order valence-corrected chi connectivity index (χ0v) is 20.1. The summed E-state index contributed by atoms with van der Waals surface area (Å²) in [5, 5.41) is 11.1. The zero-order valence-electron chi connectivity index (χ0n) is 19.4. The van der Waals surface area contributed by atoms with Crippen molar-refractivity contribution in [2.24, 2.45) is 5.10 Å². The second-order valence-electron chi connectivity index (χ2n) is 8.89. The predicted molar refractivity (Wildman–Crippen MR) is 128 cm³/mol. The standard InChI is InChI=1S/C25H28ClN5O3/c1-17-14-21(28-34-17)16-29-9-11-30(12-10-29)18(2)25(32)31-23(24-4-3-13-33-24)15-22(27-31)19-5-7-20(26)8-6-19/h3-8,13-14,18,23H,9-12,15-16H2,1-2H3/t18-,23+/m1/s1. The highest BCUT2D eigenvalue weighted by Crippen LogP contribution is 2.34. The van der Waals surface area contributed by atoms with E-state index in [4.69, 9.17) is 25.6 Å². The molecular weight excluding hydrogens is 454 g/mol. The fourth-order valence-electron chi connectivity index (χ4n) is 4.61. The highest BCUT2D eigenvalue weighted by Gasteiger charge is 2.38. The van der Waals surface area contributed by atoms with Crippen LogP contribution in [-0.2, 0) is 11.3 Å². The van der Waals surface area contributed by atoms with Crippen LogP contribution in [-0.4, -0.2) is 63.8 Å². The quantitative estimate of drug-likeness (QED) is 0.527. The van der Waals surface area contributed by atoms with Gasteiger partial charge in [-0.25, -0.2) is 5.01 Å². The first-order valence-electron chi connectivity index (χ1n) is 11.6. The van der Waals surface area contributed by atoms with E-state index in [2.05, 4.69) is 15.0 Å². The van der Waals surface area contributed by atoms with Crippen LogP contribution >= 0.6 is 11.6 Å². The van der Waals surface area contributed by atoms with E-state index < -0.39 is 0 Å². The third-order valence-corrected chi connectivity index (χ3v) is 6.81. The van der Waals surface area contributed by atoms with Crippen LogP contribution in [0, 0.1) is 6.92 Å². The lowest BCUT2D eigenvalue weighted by Gasteiger charge is -2.38. The number of amides is 1. The fraction of sp³-hybridized carbons (Fsp3) is 0.400. The Hall–Kier alpha value is -2.94. The summed E-state index contributed by atoms with van der Waals surface area (Å²) in [5.74, 6) is 1.54. The minimum Gasteiger partial charge on any atom is -0.467 e. The second-order valence-corrected chi connectivity index (χ2v) is 9.33. The SMILES string of the molecule is Cc1cc(CN2CCN([C@H](C)C(=O)N3N=C(c4ccc(Cl)cc4)C[C@H]3c3ccco3)CC2)no1. The lowest BCUT2D eigenvalue weighted by Crippen LogP contribution is -2.53. The molecule has 4 heterocycles. The number of rotatable bonds is 6. The van der Waals surface area contributed by atoms with E-state index in [0.717, 1.165) is 61.2 Å². The molecule has 0 aliphatic carbocycles. The Balaban J connectivity index is 1.27. The Kier molecular flexibility index (Phi) is 6.54. The highest BCUT2D eigenvalue weighted by molar-refractivity contribution is 6.30. The van der Waals surface area contributed by atoms with Gasteiger partial charge in [0.2, 0.25) is 0 Å². The molecule has 0 N–H and O–H groups in total. The number of piperazine rings is 1. The molecule has 0 radical (unpaired) electrons. The van der Waals surface area contributed by atoms with Crippen LogP contribution in [0.1, 0.15) is 42.2 Å². The van der Waals surface area contributed by atoms with Gasteiger partial charge in [0.1, 0.15) is 17.6 Å². The van der Waals surface area contributed by atoms with Gasteiger partial charge in [-0.1, -0.05) is 28.9 Å². The molecule has 0 bridgehead atoms. The molecule has 2 atom stereocenters. The smallest absolute Gasteiger partial charge is 0.260 e. The summed E-state index contributed by atoms with van der Waals surface area (Å²) in [5.41, 5.74) is 2.75. The van der Waals surface area contributed by atoms with Crippen molar-refractivity contribution in [2.75, 3.05) is 26.2 Å². The van der Waals surface area contributed by atoms with E-state index in [1.54, 1.807) is 11.3 Å². The number of halogens is 1.